The van der Waals surface area contributed by atoms with Gasteiger partial charge in [-0.25, -0.2) is 13.1 Å². The van der Waals surface area contributed by atoms with E-state index >= 15 is 0 Å². The second kappa shape index (κ2) is 6.84. The van der Waals surface area contributed by atoms with Gasteiger partial charge in [0.15, 0.2) is 0 Å². The molecule has 0 bridgehead atoms. The average Bonchev–Trinajstić information content (AvgIpc) is 2.79. The van der Waals surface area contributed by atoms with E-state index in [1.807, 2.05) is 0 Å². The molecule has 1 aliphatic carbocycles. The Bertz CT molecular complexity index is 620. The summed E-state index contributed by atoms with van der Waals surface area (Å²) in [6.07, 6.45) is 2.97. The first kappa shape index (κ1) is 17.0. The highest BCUT2D eigenvalue weighted by Crippen LogP contribution is 2.32. The number of hydrogen-bond acceptors (Lipinski definition) is 3. The van der Waals surface area contributed by atoms with Gasteiger partial charge in [0.2, 0.25) is 10.0 Å². The Labute approximate surface area is 136 Å². The molecular formula is C14H20Cl2N2O2S. The van der Waals surface area contributed by atoms with Crippen LogP contribution < -0.4 is 10.0 Å². The molecule has 4 nitrogen and oxygen atoms in total. The number of rotatable bonds is 5. The molecule has 118 valence electrons. The normalized spacial score (nSPS) is 22.7. The van der Waals surface area contributed by atoms with Gasteiger partial charge >= 0.3 is 0 Å². The van der Waals surface area contributed by atoms with Gasteiger partial charge in [0.1, 0.15) is 4.90 Å². The van der Waals surface area contributed by atoms with Gasteiger partial charge in [-0.05, 0) is 37.9 Å². The van der Waals surface area contributed by atoms with Crippen LogP contribution in [-0.2, 0) is 16.6 Å². The van der Waals surface area contributed by atoms with Gasteiger partial charge in [-0.15, -0.1) is 0 Å². The van der Waals surface area contributed by atoms with Gasteiger partial charge in [-0.3, -0.25) is 0 Å². The van der Waals surface area contributed by atoms with Crippen molar-refractivity contribution in [3.05, 3.63) is 27.7 Å². The number of hydrogen-bond donors (Lipinski definition) is 2. The third-order valence-corrected chi connectivity index (χ3v) is 6.39. The van der Waals surface area contributed by atoms with Crippen molar-refractivity contribution in [1.82, 2.24) is 10.0 Å². The highest BCUT2D eigenvalue weighted by atomic mass is 35.5. The molecule has 2 rings (SSSR count). The van der Waals surface area contributed by atoms with Crippen molar-refractivity contribution in [3.63, 3.8) is 0 Å². The monoisotopic (exact) mass is 350 g/mol. The summed E-state index contributed by atoms with van der Waals surface area (Å²) in [5.74, 6) is 0.350. The van der Waals surface area contributed by atoms with Crippen LogP contribution in [0, 0.1) is 5.92 Å². The molecule has 1 aliphatic rings. The average molecular weight is 351 g/mol. The Balaban J connectivity index is 2.34. The first-order valence-electron chi connectivity index (χ1n) is 7.00. The lowest BCUT2D eigenvalue weighted by molar-refractivity contribution is 0.476. The summed E-state index contributed by atoms with van der Waals surface area (Å²) in [6, 6.07) is 3.02. The summed E-state index contributed by atoms with van der Waals surface area (Å²) in [7, 11) is -1.88. The third-order valence-electron chi connectivity index (χ3n) is 3.96. The molecule has 0 saturated heterocycles. The summed E-state index contributed by atoms with van der Waals surface area (Å²) in [4.78, 5) is 0.0953. The molecule has 0 heterocycles. The summed E-state index contributed by atoms with van der Waals surface area (Å²) in [5, 5.41) is 3.59. The molecule has 2 atom stereocenters. The van der Waals surface area contributed by atoms with E-state index in [-0.39, 0.29) is 16.0 Å². The van der Waals surface area contributed by atoms with Gasteiger partial charge in [0.25, 0.3) is 0 Å². The Kier molecular flexibility index (Phi) is 5.54. The number of halogens is 2. The zero-order valence-corrected chi connectivity index (χ0v) is 14.4. The van der Waals surface area contributed by atoms with Crippen molar-refractivity contribution in [2.75, 3.05) is 7.05 Å². The van der Waals surface area contributed by atoms with Crippen LogP contribution in [0.25, 0.3) is 0 Å². The Hall–Kier alpha value is -0.330. The van der Waals surface area contributed by atoms with Gasteiger partial charge in [-0.1, -0.05) is 36.5 Å². The lowest BCUT2D eigenvalue weighted by Crippen LogP contribution is -2.36. The maximum Gasteiger partial charge on any atom is 0.242 e. The summed E-state index contributed by atoms with van der Waals surface area (Å²) in [5.41, 5.74) is 0.600. The minimum absolute atomic E-state index is 0.0190. The minimum Gasteiger partial charge on any atom is -0.316 e. The number of nitrogens with one attached hydrogen (secondary N) is 2. The van der Waals surface area contributed by atoms with Crippen LogP contribution in [0.15, 0.2) is 17.0 Å². The zero-order chi connectivity index (χ0) is 15.6. The van der Waals surface area contributed by atoms with E-state index in [4.69, 9.17) is 23.2 Å². The second-order valence-electron chi connectivity index (χ2n) is 5.50. The summed E-state index contributed by atoms with van der Waals surface area (Å²) in [6.45, 7) is 2.48. The number of sulfonamides is 1. The van der Waals surface area contributed by atoms with E-state index in [0.717, 1.165) is 19.3 Å². The minimum atomic E-state index is -3.63. The molecule has 1 aromatic rings. The summed E-state index contributed by atoms with van der Waals surface area (Å²) >= 11 is 12.3. The molecule has 1 fully saturated rings. The SMILES string of the molecule is CNCc1c(Cl)ccc(S(=O)(=O)NC2CCCC2C)c1Cl. The van der Waals surface area contributed by atoms with Crippen LogP contribution in [0.4, 0.5) is 0 Å². The molecule has 1 saturated carbocycles. The molecule has 2 N–H and O–H groups in total. The highest BCUT2D eigenvalue weighted by Gasteiger charge is 2.30. The largest absolute Gasteiger partial charge is 0.316 e. The van der Waals surface area contributed by atoms with Crippen molar-refractivity contribution in [2.45, 2.75) is 43.7 Å². The smallest absolute Gasteiger partial charge is 0.242 e. The lowest BCUT2D eigenvalue weighted by atomic mass is 10.1. The van der Waals surface area contributed by atoms with E-state index < -0.39 is 10.0 Å². The van der Waals surface area contributed by atoms with Crippen molar-refractivity contribution < 1.29 is 8.42 Å². The fourth-order valence-corrected chi connectivity index (χ4v) is 5.00. The number of benzene rings is 1. The standard InChI is InChI=1S/C14H20Cl2N2O2S/c1-9-4-3-5-12(9)18-21(19,20)13-7-6-11(15)10(8-17-2)14(13)16/h6-7,9,12,17-18H,3-5,8H2,1-2H3. The van der Waals surface area contributed by atoms with Gasteiger partial charge in [0.05, 0.1) is 5.02 Å². The van der Waals surface area contributed by atoms with Crippen molar-refractivity contribution >= 4 is 33.2 Å². The van der Waals surface area contributed by atoms with Crippen LogP contribution in [0.3, 0.4) is 0 Å². The van der Waals surface area contributed by atoms with Crippen LogP contribution in [0.5, 0.6) is 0 Å². The molecule has 0 amide bonds. The maximum absolute atomic E-state index is 12.6. The molecule has 0 radical (unpaired) electrons. The van der Waals surface area contributed by atoms with E-state index in [2.05, 4.69) is 17.0 Å². The molecule has 0 aliphatic heterocycles. The van der Waals surface area contributed by atoms with E-state index in [1.165, 1.54) is 6.07 Å². The summed E-state index contributed by atoms with van der Waals surface area (Å²) < 4.78 is 27.9. The topological polar surface area (TPSA) is 58.2 Å². The van der Waals surface area contributed by atoms with E-state index in [1.54, 1.807) is 13.1 Å². The van der Waals surface area contributed by atoms with Crippen LogP contribution in [-0.4, -0.2) is 21.5 Å². The lowest BCUT2D eigenvalue weighted by Gasteiger charge is -2.19. The van der Waals surface area contributed by atoms with Crippen LogP contribution in [0.2, 0.25) is 10.0 Å². The third kappa shape index (κ3) is 3.71. The van der Waals surface area contributed by atoms with Crippen molar-refractivity contribution in [2.24, 2.45) is 5.92 Å². The maximum atomic E-state index is 12.6. The van der Waals surface area contributed by atoms with Crippen molar-refractivity contribution in [3.8, 4) is 0 Å². The molecule has 2 unspecified atom stereocenters. The fourth-order valence-electron chi connectivity index (χ4n) is 2.71. The molecule has 1 aromatic carbocycles. The first-order valence-corrected chi connectivity index (χ1v) is 9.24. The van der Waals surface area contributed by atoms with Gasteiger partial charge in [-0.2, -0.15) is 0 Å². The fraction of sp³-hybridized carbons (Fsp3) is 0.571. The Morgan fingerprint density at radius 2 is 2.00 bits per heavy atom. The quantitative estimate of drug-likeness (QED) is 0.857. The molecule has 0 aromatic heterocycles. The molecular weight excluding hydrogens is 331 g/mol. The molecule has 7 heteroatoms. The second-order valence-corrected chi connectivity index (χ2v) is 7.97. The van der Waals surface area contributed by atoms with Crippen molar-refractivity contribution in [1.29, 1.82) is 0 Å². The molecule has 0 spiro atoms. The van der Waals surface area contributed by atoms with E-state index in [9.17, 15) is 8.42 Å². The van der Waals surface area contributed by atoms with Gasteiger partial charge in [0, 0.05) is 23.2 Å². The predicted octanol–water partition coefficient (Wildman–Crippen LogP) is 3.18. The Morgan fingerprint density at radius 1 is 1.29 bits per heavy atom. The van der Waals surface area contributed by atoms with E-state index in [0.29, 0.717) is 23.0 Å². The van der Waals surface area contributed by atoms with Crippen LogP contribution in [0.1, 0.15) is 31.7 Å². The van der Waals surface area contributed by atoms with Gasteiger partial charge < -0.3 is 5.32 Å². The van der Waals surface area contributed by atoms with Crippen LogP contribution >= 0.6 is 23.2 Å². The molecule has 21 heavy (non-hydrogen) atoms. The highest BCUT2D eigenvalue weighted by molar-refractivity contribution is 7.89. The zero-order valence-electron chi connectivity index (χ0n) is 12.1. The first-order chi connectivity index (χ1) is 9.86. The Morgan fingerprint density at radius 3 is 2.57 bits per heavy atom. The predicted molar refractivity (Wildman–Crippen MR) is 86.4 cm³/mol.